The Kier molecular flexibility index (Phi) is 4.17. The number of benzene rings is 7. The maximum Gasteiger partial charge on any atom is 0.164 e. The van der Waals surface area contributed by atoms with Gasteiger partial charge in [-0.2, -0.15) is 0 Å². The van der Waals surface area contributed by atoms with Crippen molar-refractivity contribution < 1.29 is 22.5 Å². The van der Waals surface area contributed by atoms with E-state index in [1.165, 1.54) is 0 Å². The average molecular weight is 665 g/mol. The quantitative estimate of drug-likeness (QED) is 0.187. The van der Waals surface area contributed by atoms with Gasteiger partial charge in [0, 0.05) is 60.8 Å². The predicted molar refractivity (Wildman–Crippen MR) is 205 cm³/mol. The van der Waals surface area contributed by atoms with E-state index in [2.05, 4.69) is 49.9 Å². The Balaban J connectivity index is 1.06. The van der Waals surface area contributed by atoms with Crippen molar-refractivity contribution in [3.05, 3.63) is 157 Å². The van der Waals surface area contributed by atoms with Crippen LogP contribution in [0.4, 0.5) is 0 Å². The molecule has 0 aliphatic rings. The Morgan fingerprint density at radius 3 is 1.45 bits per heavy atom. The lowest BCUT2D eigenvalue weighted by atomic mass is 10.1. The molecule has 0 aliphatic carbocycles. The standard InChI is InChI=1S/C45H26N4O2/c1-3-11-27(12-4-1)43-46-44(28-13-5-2-6-14-28)48-45(47-43)29-19-21-33-35-25-42-36(26-41(35)50-39(33)23-29)34-22-20-30(24-40(34)51-42)49-37-17-9-7-15-31(37)32-16-8-10-18-38(32)49/h1-26H/i1D,2D,3D,4D,5D,6D,11D,12D,13D,14D. The third-order valence-corrected chi connectivity index (χ3v) is 9.23. The van der Waals surface area contributed by atoms with Crippen molar-refractivity contribution in [3.63, 3.8) is 0 Å². The van der Waals surface area contributed by atoms with E-state index in [1.807, 2.05) is 54.6 Å². The fourth-order valence-electron chi connectivity index (χ4n) is 6.97. The van der Waals surface area contributed by atoms with Crippen LogP contribution in [0.1, 0.15) is 13.7 Å². The Morgan fingerprint density at radius 1 is 0.412 bits per heavy atom. The Morgan fingerprint density at radius 2 is 0.882 bits per heavy atom. The Labute approximate surface area is 304 Å². The SMILES string of the molecule is [2H]c1c([2H])c([2H])c(-c2nc(-c3ccc4c(c3)oc3cc5c(cc34)oc3cc(-n4c6ccccc6c6ccccc64)ccc35)nc(-c3c([2H])c([2H])c([2H])c([2H])c3[2H])n2)c([2H])c1[2H]. The zero-order valence-corrected chi connectivity index (χ0v) is 26.3. The van der Waals surface area contributed by atoms with E-state index in [-0.39, 0.29) is 28.6 Å². The second-order valence-electron chi connectivity index (χ2n) is 12.1. The van der Waals surface area contributed by atoms with Crippen molar-refractivity contribution in [1.29, 1.82) is 0 Å². The van der Waals surface area contributed by atoms with Gasteiger partial charge in [0.25, 0.3) is 0 Å². The summed E-state index contributed by atoms with van der Waals surface area (Å²) in [6, 6.07) is 25.9. The van der Waals surface area contributed by atoms with Crippen LogP contribution in [0.2, 0.25) is 0 Å². The van der Waals surface area contributed by atoms with Crippen LogP contribution in [0.5, 0.6) is 0 Å². The van der Waals surface area contributed by atoms with Gasteiger partial charge in [0.1, 0.15) is 22.3 Å². The first kappa shape index (κ1) is 19.8. The summed E-state index contributed by atoms with van der Waals surface area (Å²) in [5.41, 5.74) is 5.25. The zero-order chi connectivity index (χ0) is 42.2. The molecule has 238 valence electrons. The molecule has 4 heterocycles. The first-order valence-corrected chi connectivity index (χ1v) is 16.1. The summed E-state index contributed by atoms with van der Waals surface area (Å²) in [7, 11) is 0. The summed E-state index contributed by atoms with van der Waals surface area (Å²) >= 11 is 0. The van der Waals surface area contributed by atoms with Crippen molar-refractivity contribution in [2.24, 2.45) is 0 Å². The second kappa shape index (κ2) is 10.7. The molecule has 11 rings (SSSR count). The van der Waals surface area contributed by atoms with Crippen LogP contribution >= 0.6 is 0 Å². The number of para-hydroxylation sites is 2. The minimum Gasteiger partial charge on any atom is -0.456 e. The van der Waals surface area contributed by atoms with E-state index in [4.69, 9.17) is 22.5 Å². The monoisotopic (exact) mass is 664 g/mol. The molecule has 0 N–H and O–H groups in total. The average Bonchev–Trinajstić information content (AvgIpc) is 3.93. The lowest BCUT2D eigenvalue weighted by Gasteiger charge is -2.08. The van der Waals surface area contributed by atoms with Gasteiger partial charge in [0.15, 0.2) is 17.5 Å². The van der Waals surface area contributed by atoms with Gasteiger partial charge >= 0.3 is 0 Å². The normalized spacial score (nSPS) is 14.7. The van der Waals surface area contributed by atoms with Crippen LogP contribution in [0, 0.1) is 0 Å². The van der Waals surface area contributed by atoms with E-state index in [1.54, 1.807) is 12.1 Å². The number of aromatic nitrogens is 4. The number of nitrogens with zero attached hydrogens (tertiary/aromatic N) is 4. The number of rotatable bonds is 4. The van der Waals surface area contributed by atoms with Gasteiger partial charge in [0.05, 0.1) is 24.7 Å². The predicted octanol–water partition coefficient (Wildman–Crippen LogP) is 11.8. The molecule has 0 fully saturated rings. The van der Waals surface area contributed by atoms with E-state index >= 15 is 0 Å². The van der Waals surface area contributed by atoms with Gasteiger partial charge in [-0.3, -0.25) is 0 Å². The molecule has 0 saturated heterocycles. The first-order valence-electron chi connectivity index (χ1n) is 21.1. The van der Waals surface area contributed by atoms with E-state index in [0.717, 1.165) is 49.0 Å². The summed E-state index contributed by atoms with van der Waals surface area (Å²) in [5, 5.41) is 5.63. The summed E-state index contributed by atoms with van der Waals surface area (Å²) in [6.07, 6.45) is 0. The maximum absolute atomic E-state index is 8.62. The molecule has 0 bridgehead atoms. The molecule has 7 aromatic carbocycles. The van der Waals surface area contributed by atoms with E-state index in [0.29, 0.717) is 27.9 Å². The van der Waals surface area contributed by atoms with Gasteiger partial charge in [-0.15, -0.1) is 0 Å². The lowest BCUT2D eigenvalue weighted by Crippen LogP contribution is -2.00. The second-order valence-corrected chi connectivity index (χ2v) is 12.1. The Hall–Kier alpha value is -7.05. The molecule has 6 heteroatoms. The van der Waals surface area contributed by atoms with E-state index < -0.39 is 60.4 Å². The lowest BCUT2D eigenvalue weighted by molar-refractivity contribution is 0.664. The van der Waals surface area contributed by atoms with Crippen molar-refractivity contribution in [2.75, 3.05) is 0 Å². The maximum atomic E-state index is 8.62. The molecule has 0 radical (unpaired) electrons. The molecule has 0 spiro atoms. The van der Waals surface area contributed by atoms with Gasteiger partial charge in [-0.25, -0.2) is 15.0 Å². The number of furan rings is 2. The highest BCUT2D eigenvalue weighted by Gasteiger charge is 2.18. The summed E-state index contributed by atoms with van der Waals surface area (Å²) in [5.74, 6) is -0.746. The molecular formula is C45H26N4O2. The number of fused-ring (bicyclic) bond motifs is 9. The minimum absolute atomic E-state index is 0.0558. The number of hydrogen-bond donors (Lipinski definition) is 0. The molecular weight excluding hydrogens is 629 g/mol. The molecule has 6 nitrogen and oxygen atoms in total. The van der Waals surface area contributed by atoms with Crippen molar-refractivity contribution in [1.82, 2.24) is 19.5 Å². The largest absolute Gasteiger partial charge is 0.456 e. The van der Waals surface area contributed by atoms with Crippen molar-refractivity contribution in [3.8, 4) is 39.9 Å². The third-order valence-electron chi connectivity index (χ3n) is 9.23. The third kappa shape index (κ3) is 4.33. The topological polar surface area (TPSA) is 69.9 Å². The molecule has 4 aromatic heterocycles. The van der Waals surface area contributed by atoms with Crippen LogP contribution in [0.25, 0.3) is 106 Å². The van der Waals surface area contributed by atoms with Crippen LogP contribution in [0.3, 0.4) is 0 Å². The summed E-state index contributed by atoms with van der Waals surface area (Å²) < 4.78 is 98.9. The zero-order valence-electron chi connectivity index (χ0n) is 36.3. The fraction of sp³-hybridized carbons (Fsp3) is 0. The van der Waals surface area contributed by atoms with Gasteiger partial charge in [-0.05, 0) is 48.5 Å². The van der Waals surface area contributed by atoms with Crippen LogP contribution in [-0.4, -0.2) is 19.5 Å². The molecule has 51 heavy (non-hydrogen) atoms. The minimum atomic E-state index is -0.618. The van der Waals surface area contributed by atoms with E-state index in [9.17, 15) is 0 Å². The highest BCUT2D eigenvalue weighted by molar-refractivity contribution is 6.15. The van der Waals surface area contributed by atoms with Crippen LogP contribution < -0.4 is 0 Å². The molecule has 0 saturated carbocycles. The summed E-state index contributed by atoms with van der Waals surface area (Å²) in [4.78, 5) is 13.5. The molecule has 0 aliphatic heterocycles. The smallest absolute Gasteiger partial charge is 0.164 e. The molecule has 0 amide bonds. The highest BCUT2D eigenvalue weighted by Crippen LogP contribution is 2.39. The molecule has 0 atom stereocenters. The first-order chi connectivity index (χ1) is 29.4. The number of hydrogen-bond acceptors (Lipinski definition) is 5. The summed E-state index contributed by atoms with van der Waals surface area (Å²) in [6.45, 7) is 0. The van der Waals surface area contributed by atoms with Crippen molar-refractivity contribution in [2.45, 2.75) is 0 Å². The van der Waals surface area contributed by atoms with Gasteiger partial charge in [-0.1, -0.05) is 103 Å². The highest BCUT2D eigenvalue weighted by atomic mass is 16.3. The van der Waals surface area contributed by atoms with Crippen molar-refractivity contribution >= 4 is 65.7 Å². The Bertz CT molecular complexity index is 3550. The molecule has 11 aromatic rings. The molecule has 0 unspecified atom stereocenters. The van der Waals surface area contributed by atoms with Gasteiger partial charge in [0.2, 0.25) is 0 Å². The van der Waals surface area contributed by atoms with Crippen LogP contribution in [0.15, 0.2) is 166 Å². The van der Waals surface area contributed by atoms with Crippen LogP contribution in [-0.2, 0) is 0 Å². The fourth-order valence-corrected chi connectivity index (χ4v) is 6.97. The van der Waals surface area contributed by atoms with Gasteiger partial charge < -0.3 is 13.4 Å².